The topological polar surface area (TPSA) is 40.1 Å². The van der Waals surface area contributed by atoms with Gasteiger partial charge in [-0.2, -0.15) is 26.3 Å². The first-order chi connectivity index (χ1) is 8.93. The zero-order valence-corrected chi connectivity index (χ0v) is 9.27. The predicted molar refractivity (Wildman–Crippen MR) is 50.4 cm³/mol. The van der Waals surface area contributed by atoms with Crippen LogP contribution < -0.4 is 5.11 Å². The van der Waals surface area contributed by atoms with Crippen molar-refractivity contribution in [3.63, 3.8) is 0 Å². The van der Waals surface area contributed by atoms with Gasteiger partial charge in [0, 0.05) is 0 Å². The summed E-state index contributed by atoms with van der Waals surface area (Å²) in [6.45, 7) is 0. The largest absolute Gasteiger partial charge is 0.872 e. The van der Waals surface area contributed by atoms with E-state index in [9.17, 15) is 40.6 Å². The van der Waals surface area contributed by atoms with Gasteiger partial charge in [0.1, 0.15) is 5.82 Å². The Kier molecular flexibility index (Phi) is 4.11. The predicted octanol–water partition coefficient (Wildman–Crippen LogP) is 2.68. The first-order valence-electron chi connectivity index (χ1n) is 4.80. The number of carbonyl (C=O) groups excluding carboxylic acids is 1. The van der Waals surface area contributed by atoms with E-state index in [1.807, 2.05) is 0 Å². The number of halogens is 7. The minimum Gasteiger partial charge on any atom is -0.872 e. The second-order valence-electron chi connectivity index (χ2n) is 3.56. The first-order valence-corrected chi connectivity index (χ1v) is 4.80. The SMILES string of the molecule is O=C(/C=C(\[O-])c1ccc(C(F)(F)F)c(F)c1)C(F)(F)F. The zero-order valence-electron chi connectivity index (χ0n) is 9.27. The summed E-state index contributed by atoms with van der Waals surface area (Å²) >= 11 is 0. The molecule has 110 valence electrons. The van der Waals surface area contributed by atoms with Crippen LogP contribution >= 0.6 is 0 Å². The van der Waals surface area contributed by atoms with E-state index in [1.54, 1.807) is 0 Å². The van der Waals surface area contributed by atoms with E-state index in [0.29, 0.717) is 6.07 Å². The fourth-order valence-electron chi connectivity index (χ4n) is 1.18. The lowest BCUT2D eigenvalue weighted by atomic mass is 10.1. The number of ketones is 1. The fraction of sp³-hybridized carbons (Fsp3) is 0.182. The summed E-state index contributed by atoms with van der Waals surface area (Å²) < 4.78 is 85.3. The summed E-state index contributed by atoms with van der Waals surface area (Å²) in [7, 11) is 0. The first kappa shape index (κ1) is 16.0. The maximum Gasteiger partial charge on any atom is 0.454 e. The average molecular weight is 301 g/mol. The molecule has 0 saturated carbocycles. The van der Waals surface area contributed by atoms with E-state index in [1.165, 1.54) is 0 Å². The number of benzene rings is 1. The number of hydrogen-bond donors (Lipinski definition) is 0. The Balaban J connectivity index is 3.14. The molecule has 0 atom stereocenters. The van der Waals surface area contributed by atoms with Gasteiger partial charge in [-0.25, -0.2) is 4.39 Å². The molecule has 0 spiro atoms. The molecule has 0 saturated heterocycles. The summed E-state index contributed by atoms with van der Waals surface area (Å²) in [6.07, 6.45) is -10.7. The summed E-state index contributed by atoms with van der Waals surface area (Å²) in [5, 5.41) is 11.2. The summed E-state index contributed by atoms with van der Waals surface area (Å²) in [4.78, 5) is 10.5. The van der Waals surface area contributed by atoms with Crippen molar-refractivity contribution in [3.05, 3.63) is 41.2 Å². The molecule has 0 aliphatic heterocycles. The second-order valence-corrected chi connectivity index (χ2v) is 3.56. The van der Waals surface area contributed by atoms with Crippen LogP contribution in [0.25, 0.3) is 5.76 Å². The molecule has 0 radical (unpaired) electrons. The third kappa shape index (κ3) is 3.72. The standard InChI is InChI=1S/C11H5F7O2/c12-7-3-5(1-2-6(7)10(13,14)15)8(19)4-9(20)11(16,17)18/h1-4,19H/p-1/b8-4-. The van der Waals surface area contributed by atoms with Crippen molar-refractivity contribution in [3.8, 4) is 0 Å². The lowest BCUT2D eigenvalue weighted by Crippen LogP contribution is -2.22. The average Bonchev–Trinajstić information content (AvgIpc) is 2.25. The van der Waals surface area contributed by atoms with E-state index in [0.717, 1.165) is 0 Å². The summed E-state index contributed by atoms with van der Waals surface area (Å²) in [5.74, 6) is -5.85. The van der Waals surface area contributed by atoms with E-state index in [4.69, 9.17) is 0 Å². The molecule has 0 amide bonds. The summed E-state index contributed by atoms with van der Waals surface area (Å²) in [5.41, 5.74) is -2.47. The second kappa shape index (κ2) is 5.14. The van der Waals surface area contributed by atoms with Gasteiger partial charge >= 0.3 is 12.4 Å². The van der Waals surface area contributed by atoms with Crippen molar-refractivity contribution in [2.45, 2.75) is 12.4 Å². The van der Waals surface area contributed by atoms with E-state index < -0.39 is 40.8 Å². The minimum atomic E-state index is -5.29. The molecule has 0 N–H and O–H groups in total. The highest BCUT2D eigenvalue weighted by Crippen LogP contribution is 2.32. The van der Waals surface area contributed by atoms with E-state index >= 15 is 0 Å². The van der Waals surface area contributed by atoms with Crippen LogP contribution in [0.4, 0.5) is 30.7 Å². The van der Waals surface area contributed by atoms with Crippen LogP contribution in [-0.4, -0.2) is 12.0 Å². The van der Waals surface area contributed by atoms with Gasteiger partial charge in [0.15, 0.2) is 0 Å². The number of rotatable bonds is 2. The molecule has 0 aromatic heterocycles. The van der Waals surface area contributed by atoms with Crippen molar-refractivity contribution in [1.82, 2.24) is 0 Å². The maximum atomic E-state index is 13.1. The third-order valence-corrected chi connectivity index (χ3v) is 2.10. The highest BCUT2D eigenvalue weighted by molar-refractivity contribution is 5.98. The molecule has 0 aliphatic carbocycles. The Labute approximate surface area is 107 Å². The number of allylic oxidation sites excluding steroid dienone is 1. The lowest BCUT2D eigenvalue weighted by Gasteiger charge is -2.15. The minimum absolute atomic E-state index is 0.116. The van der Waals surface area contributed by atoms with Gasteiger partial charge in [-0.15, -0.1) is 0 Å². The van der Waals surface area contributed by atoms with Crippen LogP contribution in [0, 0.1) is 5.82 Å². The highest BCUT2D eigenvalue weighted by Gasteiger charge is 2.36. The maximum absolute atomic E-state index is 13.1. The van der Waals surface area contributed by atoms with Gasteiger partial charge in [-0.3, -0.25) is 4.79 Å². The number of alkyl halides is 6. The Hall–Kier alpha value is -2.06. The van der Waals surface area contributed by atoms with Crippen molar-refractivity contribution in [2.24, 2.45) is 0 Å². The molecular formula is C11H4F7O2-. The summed E-state index contributed by atoms with van der Waals surface area (Å²) in [6, 6.07) is 0.800. The molecule has 0 bridgehead atoms. The Bertz CT molecular complexity index is 555. The molecule has 0 heterocycles. The molecule has 9 heteroatoms. The number of carbonyl (C=O) groups is 1. The van der Waals surface area contributed by atoms with Crippen molar-refractivity contribution < 1.29 is 40.6 Å². The molecular weight excluding hydrogens is 297 g/mol. The van der Waals surface area contributed by atoms with Gasteiger partial charge in [-0.1, -0.05) is 11.8 Å². The van der Waals surface area contributed by atoms with Gasteiger partial charge < -0.3 is 5.11 Å². The van der Waals surface area contributed by atoms with Crippen LogP contribution in [0.5, 0.6) is 0 Å². The fourth-order valence-corrected chi connectivity index (χ4v) is 1.18. The van der Waals surface area contributed by atoms with Gasteiger partial charge in [-0.05, 0) is 23.8 Å². The van der Waals surface area contributed by atoms with Gasteiger partial charge in [0.25, 0.3) is 5.78 Å². The van der Waals surface area contributed by atoms with Crippen molar-refractivity contribution in [2.75, 3.05) is 0 Å². The monoisotopic (exact) mass is 301 g/mol. The molecule has 0 aliphatic rings. The molecule has 20 heavy (non-hydrogen) atoms. The van der Waals surface area contributed by atoms with Crippen LogP contribution in [0.2, 0.25) is 0 Å². The number of hydrogen-bond acceptors (Lipinski definition) is 2. The van der Waals surface area contributed by atoms with Gasteiger partial charge in [0.05, 0.1) is 5.56 Å². The highest BCUT2D eigenvalue weighted by atomic mass is 19.4. The quantitative estimate of drug-likeness (QED) is 0.479. The van der Waals surface area contributed by atoms with Gasteiger partial charge in [0.2, 0.25) is 0 Å². The van der Waals surface area contributed by atoms with Crippen LogP contribution in [0.1, 0.15) is 11.1 Å². The zero-order chi connectivity index (χ0) is 15.7. The Morgan fingerprint density at radius 3 is 2.05 bits per heavy atom. The van der Waals surface area contributed by atoms with Crippen LogP contribution in [0.3, 0.4) is 0 Å². The van der Waals surface area contributed by atoms with Crippen LogP contribution in [0.15, 0.2) is 24.3 Å². The molecule has 2 nitrogen and oxygen atoms in total. The van der Waals surface area contributed by atoms with Crippen LogP contribution in [-0.2, 0) is 11.0 Å². The molecule has 0 unspecified atom stereocenters. The van der Waals surface area contributed by atoms with E-state index in [-0.39, 0.29) is 18.2 Å². The normalized spacial score (nSPS) is 13.4. The molecule has 1 rings (SSSR count). The van der Waals surface area contributed by atoms with E-state index in [2.05, 4.69) is 0 Å². The molecule has 1 aromatic carbocycles. The molecule has 1 aromatic rings. The smallest absolute Gasteiger partial charge is 0.454 e. The third-order valence-electron chi connectivity index (χ3n) is 2.10. The van der Waals surface area contributed by atoms with Crippen molar-refractivity contribution in [1.29, 1.82) is 0 Å². The Morgan fingerprint density at radius 1 is 1.10 bits per heavy atom. The molecule has 0 fully saturated rings. The lowest BCUT2D eigenvalue weighted by molar-refractivity contribution is -0.244. The van der Waals surface area contributed by atoms with Crippen molar-refractivity contribution >= 4 is 11.5 Å². The Morgan fingerprint density at radius 2 is 1.65 bits per heavy atom.